The first kappa shape index (κ1) is 43.2. The van der Waals surface area contributed by atoms with Crippen LogP contribution < -0.4 is 10.2 Å². The smallest absolute Gasteiger partial charge is 0.252 e. The van der Waals surface area contributed by atoms with E-state index in [1.54, 1.807) is 6.33 Å². The van der Waals surface area contributed by atoms with Crippen LogP contribution in [-0.4, -0.2) is 74.2 Å². The highest BCUT2D eigenvalue weighted by atomic mass is 28.4. The summed E-state index contributed by atoms with van der Waals surface area (Å²) in [5.74, 6) is 0.545. The number of benzene rings is 2. The highest BCUT2D eigenvalue weighted by Gasteiger charge is 2.54. The topological polar surface area (TPSA) is 110 Å². The van der Waals surface area contributed by atoms with Gasteiger partial charge in [0.1, 0.15) is 12.2 Å². The fourth-order valence-electron chi connectivity index (χ4n) is 6.14. The van der Waals surface area contributed by atoms with E-state index in [1.807, 2.05) is 4.57 Å². The molecule has 55 heavy (non-hydrogen) atoms. The molecule has 1 fully saturated rings. The maximum atomic E-state index is 7.61. The van der Waals surface area contributed by atoms with E-state index in [2.05, 4.69) is 172 Å². The Hall–Kier alpha value is -2.92. The van der Waals surface area contributed by atoms with E-state index in [1.165, 1.54) is 11.1 Å². The maximum absolute atomic E-state index is 7.61. The number of ether oxygens (including phenoxy) is 1. The lowest BCUT2D eigenvalue weighted by Gasteiger charge is -2.43. The van der Waals surface area contributed by atoms with E-state index >= 15 is 0 Å². The van der Waals surface area contributed by atoms with Crippen molar-refractivity contribution in [2.45, 2.75) is 154 Å². The molecule has 0 spiro atoms. The van der Waals surface area contributed by atoms with Gasteiger partial charge in [-0.3, -0.25) is 9.47 Å². The Labute approximate surface area is 333 Å². The number of imidazole rings is 1. The van der Waals surface area contributed by atoms with Crippen LogP contribution in [0.25, 0.3) is 11.2 Å². The number of nitrogens with two attached hydrogens (primary N) is 1. The molecule has 0 radical (unpaired) electrons. The monoisotopic (exact) mass is 804 g/mol. The van der Waals surface area contributed by atoms with Gasteiger partial charge in [0.15, 0.2) is 34.0 Å². The lowest BCUT2D eigenvalue weighted by Crippen LogP contribution is -2.54. The number of rotatable bonds is 13. The third kappa shape index (κ3) is 9.62. The van der Waals surface area contributed by atoms with Crippen molar-refractivity contribution in [1.29, 1.82) is 0 Å². The third-order valence-corrected chi connectivity index (χ3v) is 26.0. The van der Waals surface area contributed by atoms with Gasteiger partial charge in [-0.2, -0.15) is 9.97 Å². The fourth-order valence-corrected chi connectivity index (χ4v) is 9.37. The lowest BCUT2D eigenvalue weighted by atomic mass is 10.0. The molecular formula is C42H68N6O4Si3. The first-order chi connectivity index (χ1) is 25.3. The first-order valence-corrected chi connectivity index (χ1v) is 28.5. The molecule has 0 amide bonds. The number of nitrogen functional groups attached to an aromatic ring is 1. The minimum Gasteiger partial charge on any atom is -0.529 e. The zero-order valence-corrected chi connectivity index (χ0v) is 39.2. The van der Waals surface area contributed by atoms with Crippen LogP contribution in [0.15, 0.2) is 67.0 Å². The second kappa shape index (κ2) is 15.8. The lowest BCUT2D eigenvalue weighted by molar-refractivity contribution is -0.0463. The summed E-state index contributed by atoms with van der Waals surface area (Å²) in [5, 5.41) is -0.0834. The zero-order chi connectivity index (χ0) is 40.8. The summed E-state index contributed by atoms with van der Waals surface area (Å²) in [6, 6.07) is 21.2. The average molecular weight is 805 g/mol. The number of fused-ring (bicyclic) bond motifs is 1. The summed E-state index contributed by atoms with van der Waals surface area (Å²) in [6.45, 7) is 35.8. The van der Waals surface area contributed by atoms with Gasteiger partial charge >= 0.3 is 0 Å². The molecule has 2 unspecified atom stereocenters. The van der Waals surface area contributed by atoms with Crippen LogP contribution in [-0.2, 0) is 26.7 Å². The van der Waals surface area contributed by atoms with E-state index in [0.717, 1.165) is 0 Å². The minimum atomic E-state index is -2.41. The quantitative estimate of drug-likeness (QED) is 0.132. The molecule has 302 valence electrons. The Bertz CT molecular complexity index is 1840. The third-order valence-electron chi connectivity index (χ3n) is 12.7. The van der Waals surface area contributed by atoms with Crippen molar-refractivity contribution in [3.63, 3.8) is 0 Å². The molecule has 0 bridgehead atoms. The number of anilines is 1. The van der Waals surface area contributed by atoms with Gasteiger partial charge in [0.25, 0.3) is 8.32 Å². The summed E-state index contributed by atoms with van der Waals surface area (Å²) in [6.07, 6.45) is 0.485. The SMILES string of the molecule is CC(C)(C)[Si](C)(C)OC[C@H]1O[C@@H](n2cnc3c(O[Si](C)(C)C(C)(C)C)nc(N)nc32)C(O[Si](C)(C)C(C)(C)C)C1N(Cc1ccccc1)Cc1ccccc1. The van der Waals surface area contributed by atoms with Gasteiger partial charge in [0.05, 0.1) is 19.0 Å². The van der Waals surface area contributed by atoms with Gasteiger partial charge in [-0.05, 0) is 65.5 Å². The largest absolute Gasteiger partial charge is 0.529 e. The molecule has 4 atom stereocenters. The Balaban J connectivity index is 1.71. The van der Waals surface area contributed by atoms with Crippen molar-refractivity contribution in [1.82, 2.24) is 24.4 Å². The molecule has 0 aliphatic carbocycles. The van der Waals surface area contributed by atoms with E-state index in [4.69, 9.17) is 33.7 Å². The summed E-state index contributed by atoms with van der Waals surface area (Å²) < 4.78 is 30.8. The van der Waals surface area contributed by atoms with Crippen molar-refractivity contribution in [3.05, 3.63) is 78.1 Å². The van der Waals surface area contributed by atoms with Crippen LogP contribution in [0.2, 0.25) is 54.4 Å². The van der Waals surface area contributed by atoms with Crippen LogP contribution >= 0.6 is 0 Å². The summed E-state index contributed by atoms with van der Waals surface area (Å²) in [7, 11) is -6.87. The molecule has 2 N–H and O–H groups in total. The Morgan fingerprint density at radius 3 is 1.73 bits per heavy atom. The van der Waals surface area contributed by atoms with Crippen molar-refractivity contribution < 1.29 is 18.0 Å². The Morgan fingerprint density at radius 1 is 0.727 bits per heavy atom. The molecule has 10 nitrogen and oxygen atoms in total. The molecule has 1 saturated heterocycles. The fraction of sp³-hybridized carbons (Fsp3) is 0.595. The number of hydrogen-bond acceptors (Lipinski definition) is 9. The van der Waals surface area contributed by atoms with Gasteiger partial charge in [-0.1, -0.05) is 123 Å². The van der Waals surface area contributed by atoms with Crippen LogP contribution in [0.3, 0.4) is 0 Å². The highest BCUT2D eigenvalue weighted by molar-refractivity contribution is 6.75. The van der Waals surface area contributed by atoms with Crippen LogP contribution in [0.1, 0.15) is 79.7 Å². The number of hydrogen-bond donors (Lipinski definition) is 1. The van der Waals surface area contributed by atoms with Gasteiger partial charge in [-0.15, -0.1) is 0 Å². The molecule has 0 saturated carbocycles. The first-order valence-electron chi connectivity index (χ1n) is 19.8. The summed E-state index contributed by atoms with van der Waals surface area (Å²) >= 11 is 0. The molecule has 2 aromatic carbocycles. The van der Waals surface area contributed by atoms with Crippen molar-refractivity contribution in [3.8, 4) is 5.88 Å². The van der Waals surface area contributed by atoms with Crippen molar-refractivity contribution in [2.24, 2.45) is 0 Å². The van der Waals surface area contributed by atoms with Crippen LogP contribution in [0.4, 0.5) is 5.95 Å². The van der Waals surface area contributed by atoms with E-state index in [-0.39, 0.29) is 33.2 Å². The zero-order valence-electron chi connectivity index (χ0n) is 36.2. The normalized spacial score (nSPS) is 20.4. The van der Waals surface area contributed by atoms with Gasteiger partial charge in [0, 0.05) is 13.1 Å². The predicted molar refractivity (Wildman–Crippen MR) is 233 cm³/mol. The summed E-state index contributed by atoms with van der Waals surface area (Å²) in [4.78, 5) is 16.9. The van der Waals surface area contributed by atoms with Gasteiger partial charge in [0.2, 0.25) is 11.8 Å². The number of aromatic nitrogens is 4. The second-order valence-electron chi connectivity index (χ2n) is 19.9. The van der Waals surface area contributed by atoms with E-state index in [0.29, 0.717) is 36.7 Å². The second-order valence-corrected chi connectivity index (χ2v) is 34.2. The molecule has 3 heterocycles. The molecule has 1 aliphatic heterocycles. The van der Waals surface area contributed by atoms with Crippen molar-refractivity contribution >= 4 is 42.1 Å². The molecular weight excluding hydrogens is 737 g/mol. The van der Waals surface area contributed by atoms with E-state index in [9.17, 15) is 0 Å². The summed E-state index contributed by atoms with van der Waals surface area (Å²) in [5.41, 5.74) is 10.0. The standard InChI is InChI=1S/C42H68N6O4Si3/c1-40(2,3)53(10,11)49-28-32-34(47(26-30-22-18-16-19-23-30)27-31-24-20-17-21-25-31)35(51-54(12,13)41(4,5)6)38(50-32)48-29-44-33-36(48)45-39(43)46-37(33)52-55(14,15)42(7,8)9/h16-25,29,32,34-35,38H,26-28H2,1-15H3,(H2,43,45,46)/t32-,34?,35?,38-/m1/s1. The average Bonchev–Trinajstić information content (AvgIpc) is 3.63. The minimum absolute atomic E-state index is 0.0286. The maximum Gasteiger partial charge on any atom is 0.252 e. The molecule has 1 aliphatic rings. The highest BCUT2D eigenvalue weighted by Crippen LogP contribution is 2.46. The van der Waals surface area contributed by atoms with Crippen molar-refractivity contribution in [2.75, 3.05) is 12.3 Å². The van der Waals surface area contributed by atoms with Crippen LogP contribution in [0, 0.1) is 0 Å². The van der Waals surface area contributed by atoms with Gasteiger partial charge < -0.3 is 23.7 Å². The van der Waals surface area contributed by atoms with E-state index < -0.39 is 37.3 Å². The molecule has 13 heteroatoms. The van der Waals surface area contributed by atoms with Crippen LogP contribution in [0.5, 0.6) is 5.88 Å². The molecule has 2 aromatic heterocycles. The molecule has 4 aromatic rings. The Morgan fingerprint density at radius 2 is 1.24 bits per heavy atom. The Kier molecular flexibility index (Phi) is 12.4. The molecule has 5 rings (SSSR count). The number of nitrogens with zero attached hydrogens (tertiary/aromatic N) is 5. The van der Waals surface area contributed by atoms with Gasteiger partial charge in [-0.25, -0.2) is 4.98 Å². The predicted octanol–water partition coefficient (Wildman–Crippen LogP) is 10.2.